The van der Waals surface area contributed by atoms with Crippen molar-refractivity contribution in [3.8, 4) is 23.0 Å². The van der Waals surface area contributed by atoms with Gasteiger partial charge in [0.2, 0.25) is 0 Å². The van der Waals surface area contributed by atoms with E-state index in [-0.39, 0.29) is 16.5 Å². The number of aromatic carboxylic acids is 1. The Kier molecular flexibility index (Phi) is 6.51. The SMILES string of the molecule is CC1CCc2ccccc2-c2c1cccc2S(=O)(=O)Nc1ccccc1C#Cc1ccc(C(=O)O)nc1. The summed E-state index contributed by atoms with van der Waals surface area (Å²) >= 11 is 0. The molecule has 1 heterocycles. The maximum absolute atomic E-state index is 13.8. The first-order valence-electron chi connectivity index (χ1n) is 11.9. The number of benzene rings is 3. The molecule has 1 aromatic heterocycles. The zero-order chi connectivity index (χ0) is 26.0. The van der Waals surface area contributed by atoms with Crippen LogP contribution in [0.3, 0.4) is 0 Å². The van der Waals surface area contributed by atoms with Crippen LogP contribution in [-0.4, -0.2) is 24.5 Å². The molecule has 0 radical (unpaired) electrons. The van der Waals surface area contributed by atoms with Gasteiger partial charge in [-0.05, 0) is 65.8 Å². The molecule has 0 fully saturated rings. The lowest BCUT2D eigenvalue weighted by molar-refractivity contribution is 0.0690. The molecular weight excluding hydrogens is 484 g/mol. The molecule has 3 aromatic carbocycles. The van der Waals surface area contributed by atoms with Crippen LogP contribution in [0.4, 0.5) is 5.69 Å². The van der Waals surface area contributed by atoms with Gasteiger partial charge < -0.3 is 5.11 Å². The maximum atomic E-state index is 13.8. The molecule has 0 saturated carbocycles. The molecule has 4 aromatic rings. The Bertz CT molecular complexity index is 1670. The summed E-state index contributed by atoms with van der Waals surface area (Å²) in [5.74, 6) is 5.02. The summed E-state index contributed by atoms with van der Waals surface area (Å²) in [6, 6.07) is 23.3. The van der Waals surface area contributed by atoms with Crippen molar-refractivity contribution in [3.05, 3.63) is 113 Å². The van der Waals surface area contributed by atoms with E-state index in [2.05, 4.69) is 34.5 Å². The summed E-state index contributed by atoms with van der Waals surface area (Å²) in [6.07, 6.45) is 3.21. The van der Waals surface area contributed by atoms with E-state index in [1.165, 1.54) is 12.3 Å². The van der Waals surface area contributed by atoms with E-state index in [4.69, 9.17) is 5.11 Å². The summed E-state index contributed by atoms with van der Waals surface area (Å²) in [4.78, 5) is 15.1. The predicted molar refractivity (Wildman–Crippen MR) is 143 cm³/mol. The molecule has 0 aliphatic heterocycles. The van der Waals surface area contributed by atoms with Crippen molar-refractivity contribution in [1.29, 1.82) is 0 Å². The van der Waals surface area contributed by atoms with Gasteiger partial charge in [0.15, 0.2) is 0 Å². The fourth-order valence-electron chi connectivity index (χ4n) is 4.60. The quantitative estimate of drug-likeness (QED) is 0.345. The van der Waals surface area contributed by atoms with Crippen molar-refractivity contribution in [2.24, 2.45) is 0 Å². The number of anilines is 1. The Labute approximate surface area is 216 Å². The first-order valence-corrected chi connectivity index (χ1v) is 13.4. The summed E-state index contributed by atoms with van der Waals surface area (Å²) in [5, 5.41) is 9.02. The third-order valence-electron chi connectivity index (χ3n) is 6.51. The monoisotopic (exact) mass is 508 g/mol. The van der Waals surface area contributed by atoms with E-state index in [1.54, 1.807) is 42.5 Å². The second-order valence-electron chi connectivity index (χ2n) is 8.96. The smallest absolute Gasteiger partial charge is 0.354 e. The van der Waals surface area contributed by atoms with Crippen LogP contribution in [-0.2, 0) is 16.4 Å². The molecule has 0 amide bonds. The van der Waals surface area contributed by atoms with Gasteiger partial charge in [0, 0.05) is 22.9 Å². The molecule has 7 heteroatoms. The zero-order valence-electron chi connectivity index (χ0n) is 20.1. The van der Waals surface area contributed by atoms with Crippen molar-refractivity contribution in [1.82, 2.24) is 4.98 Å². The summed E-state index contributed by atoms with van der Waals surface area (Å²) < 4.78 is 30.4. The van der Waals surface area contributed by atoms with Crippen LogP contribution in [0.25, 0.3) is 11.1 Å². The highest BCUT2D eigenvalue weighted by molar-refractivity contribution is 7.92. The number of sulfonamides is 1. The lowest BCUT2D eigenvalue weighted by Gasteiger charge is -2.18. The number of rotatable bonds is 4. The van der Waals surface area contributed by atoms with E-state index in [0.29, 0.717) is 16.8 Å². The normalized spacial score (nSPS) is 14.4. The Morgan fingerprint density at radius 3 is 2.54 bits per heavy atom. The number of hydrogen-bond acceptors (Lipinski definition) is 4. The van der Waals surface area contributed by atoms with Crippen LogP contribution < -0.4 is 4.72 Å². The molecule has 1 aliphatic rings. The van der Waals surface area contributed by atoms with Gasteiger partial charge in [-0.1, -0.05) is 67.3 Å². The number of nitrogens with zero attached hydrogens (tertiary/aromatic N) is 1. The molecule has 0 saturated heterocycles. The summed E-state index contributed by atoms with van der Waals surface area (Å²) in [6.45, 7) is 2.14. The molecule has 1 unspecified atom stereocenters. The average Bonchev–Trinajstić information content (AvgIpc) is 3.05. The van der Waals surface area contributed by atoms with E-state index >= 15 is 0 Å². The Balaban J connectivity index is 1.54. The highest BCUT2D eigenvalue weighted by Crippen LogP contribution is 2.41. The number of pyridine rings is 1. The number of fused-ring (bicyclic) bond motifs is 3. The largest absolute Gasteiger partial charge is 0.477 e. The van der Waals surface area contributed by atoms with Gasteiger partial charge in [0.25, 0.3) is 10.0 Å². The molecule has 0 spiro atoms. The highest BCUT2D eigenvalue weighted by atomic mass is 32.2. The van der Waals surface area contributed by atoms with Crippen molar-refractivity contribution < 1.29 is 18.3 Å². The van der Waals surface area contributed by atoms with Gasteiger partial charge in [0.05, 0.1) is 10.6 Å². The van der Waals surface area contributed by atoms with E-state index in [0.717, 1.165) is 35.1 Å². The van der Waals surface area contributed by atoms with Gasteiger partial charge in [-0.25, -0.2) is 18.2 Å². The summed E-state index contributed by atoms with van der Waals surface area (Å²) in [5.41, 5.74) is 5.17. The number of aryl methyl sites for hydroxylation is 1. The standard InChI is InChI=1S/C30H24N2O4S/c1-20-13-16-22-7-2-4-9-25(22)29-24(20)10-6-12-28(29)37(35,36)32-26-11-5-3-8-23(26)17-14-21-15-18-27(30(33)34)31-19-21/h2-12,15,18-20,32H,13,16H2,1H3,(H,33,34). The average molecular weight is 509 g/mol. The topological polar surface area (TPSA) is 96.4 Å². The maximum Gasteiger partial charge on any atom is 0.354 e. The number of carboxylic acids is 1. The van der Waals surface area contributed by atoms with Crippen LogP contribution in [0.5, 0.6) is 0 Å². The molecule has 2 N–H and O–H groups in total. The Hall–Kier alpha value is -4.41. The van der Waals surface area contributed by atoms with Crippen molar-refractivity contribution in [3.63, 3.8) is 0 Å². The van der Waals surface area contributed by atoms with Crippen molar-refractivity contribution in [2.45, 2.75) is 30.6 Å². The number of carbonyl (C=O) groups is 1. The molecule has 5 rings (SSSR count). The van der Waals surface area contributed by atoms with Gasteiger partial charge in [0.1, 0.15) is 5.69 Å². The molecule has 184 valence electrons. The van der Waals surface area contributed by atoms with Gasteiger partial charge in [-0.2, -0.15) is 0 Å². The molecule has 6 nitrogen and oxygen atoms in total. The number of aromatic nitrogens is 1. The fourth-order valence-corrected chi connectivity index (χ4v) is 5.93. The van der Waals surface area contributed by atoms with Crippen LogP contribution in [0, 0.1) is 11.8 Å². The third kappa shape index (κ3) is 4.97. The Morgan fingerprint density at radius 1 is 0.973 bits per heavy atom. The van der Waals surface area contributed by atoms with Crippen LogP contribution in [0.15, 0.2) is 90.0 Å². The fraction of sp³-hybridized carbons (Fsp3) is 0.133. The van der Waals surface area contributed by atoms with Crippen molar-refractivity contribution in [2.75, 3.05) is 4.72 Å². The van der Waals surface area contributed by atoms with Crippen LogP contribution in [0.1, 0.15) is 52.0 Å². The van der Waals surface area contributed by atoms with Gasteiger partial charge in [-0.3, -0.25) is 4.72 Å². The molecular formula is C30H24N2O4S. The predicted octanol–water partition coefficient (Wildman–Crippen LogP) is 5.70. The highest BCUT2D eigenvalue weighted by Gasteiger charge is 2.27. The van der Waals surface area contributed by atoms with E-state index < -0.39 is 16.0 Å². The van der Waals surface area contributed by atoms with Gasteiger partial charge in [-0.15, -0.1) is 0 Å². The second kappa shape index (κ2) is 9.92. The van der Waals surface area contributed by atoms with Gasteiger partial charge >= 0.3 is 5.97 Å². The Morgan fingerprint density at radius 2 is 1.76 bits per heavy atom. The number of carboxylic acid groups (broad SMARTS) is 1. The molecule has 37 heavy (non-hydrogen) atoms. The van der Waals surface area contributed by atoms with E-state index in [9.17, 15) is 13.2 Å². The first-order chi connectivity index (χ1) is 17.8. The third-order valence-corrected chi connectivity index (χ3v) is 7.92. The molecule has 0 bridgehead atoms. The lowest BCUT2D eigenvalue weighted by Crippen LogP contribution is -2.16. The lowest BCUT2D eigenvalue weighted by atomic mass is 9.92. The zero-order valence-corrected chi connectivity index (χ0v) is 20.9. The minimum atomic E-state index is -3.95. The number of nitrogens with one attached hydrogen (secondary N) is 1. The summed E-state index contributed by atoms with van der Waals surface area (Å²) in [7, 11) is -3.95. The van der Waals surface area contributed by atoms with E-state index in [1.807, 2.05) is 24.3 Å². The van der Waals surface area contributed by atoms with Crippen LogP contribution >= 0.6 is 0 Å². The number of hydrogen-bond donors (Lipinski definition) is 2. The number of para-hydroxylation sites is 1. The minimum absolute atomic E-state index is 0.0726. The second-order valence-corrected chi connectivity index (χ2v) is 10.6. The first kappa shape index (κ1) is 24.3. The molecule has 1 aliphatic carbocycles. The minimum Gasteiger partial charge on any atom is -0.477 e. The molecule has 1 atom stereocenters. The van der Waals surface area contributed by atoms with Crippen molar-refractivity contribution >= 4 is 21.7 Å². The van der Waals surface area contributed by atoms with Crippen LogP contribution in [0.2, 0.25) is 0 Å².